The van der Waals surface area contributed by atoms with Gasteiger partial charge < -0.3 is 4.74 Å². The first-order valence-corrected chi connectivity index (χ1v) is 8.23. The number of benzene rings is 1. The molecule has 2 heterocycles. The van der Waals surface area contributed by atoms with Gasteiger partial charge in [-0.25, -0.2) is 18.2 Å². The molecule has 0 spiro atoms. The maximum Gasteiger partial charge on any atom is 0.310 e. The Morgan fingerprint density at radius 2 is 2.04 bits per heavy atom. The Kier molecular flexibility index (Phi) is 4.36. The summed E-state index contributed by atoms with van der Waals surface area (Å²) < 4.78 is 45.2. The highest BCUT2D eigenvalue weighted by Crippen LogP contribution is 2.30. The van der Waals surface area contributed by atoms with Crippen LogP contribution in [0.5, 0.6) is 0 Å². The molecule has 3 aromatic rings. The number of aromatic nitrogens is 1. The average molecular weight is 357 g/mol. The Bertz CT molecular complexity index is 888. The van der Waals surface area contributed by atoms with E-state index in [0.717, 1.165) is 21.8 Å². The maximum atomic E-state index is 13.7. The normalized spacial score (nSPS) is 11.1. The molecule has 2 aromatic heterocycles. The van der Waals surface area contributed by atoms with Gasteiger partial charge in [-0.15, -0.1) is 22.7 Å². The van der Waals surface area contributed by atoms with Crippen LogP contribution in [0.2, 0.25) is 0 Å². The zero-order valence-corrected chi connectivity index (χ0v) is 13.5. The van der Waals surface area contributed by atoms with E-state index >= 15 is 0 Å². The molecule has 0 fully saturated rings. The maximum absolute atomic E-state index is 13.7. The number of thiophene rings is 1. The Labute approximate surface area is 137 Å². The Balaban J connectivity index is 1.86. The fraction of sp³-hybridized carbons (Fsp3) is 0.200. The zero-order chi connectivity index (χ0) is 16.6. The molecule has 3 rings (SSSR count). The third kappa shape index (κ3) is 3.23. The summed E-state index contributed by atoms with van der Waals surface area (Å²) in [4.78, 5) is 16.1. The second-order valence-electron chi connectivity index (χ2n) is 4.79. The molecular formula is C15H10F3NO2S2. The molecule has 0 amide bonds. The highest BCUT2D eigenvalue weighted by atomic mass is 32.1. The Morgan fingerprint density at radius 3 is 2.78 bits per heavy atom. The SMILES string of the molecule is COC(=O)Cc1cc(Cc2nc3c(F)c(F)cc(F)c3s2)cs1. The van der Waals surface area contributed by atoms with Gasteiger partial charge in [-0.2, -0.15) is 0 Å². The second-order valence-corrected chi connectivity index (χ2v) is 6.87. The largest absolute Gasteiger partial charge is 0.469 e. The topological polar surface area (TPSA) is 39.2 Å². The van der Waals surface area contributed by atoms with Crippen LogP contribution in [0, 0.1) is 17.5 Å². The van der Waals surface area contributed by atoms with Crippen LogP contribution in [0.25, 0.3) is 10.2 Å². The van der Waals surface area contributed by atoms with Crippen molar-refractivity contribution in [3.63, 3.8) is 0 Å². The molecule has 0 N–H and O–H groups in total. The van der Waals surface area contributed by atoms with Crippen LogP contribution in [0.4, 0.5) is 13.2 Å². The fourth-order valence-corrected chi connectivity index (χ4v) is 3.98. The lowest BCUT2D eigenvalue weighted by Gasteiger charge is -1.94. The van der Waals surface area contributed by atoms with Gasteiger partial charge in [0.1, 0.15) is 11.3 Å². The van der Waals surface area contributed by atoms with Crippen LogP contribution in [0.1, 0.15) is 15.4 Å². The number of hydrogen-bond acceptors (Lipinski definition) is 5. The molecule has 0 aliphatic heterocycles. The molecule has 120 valence electrons. The fourth-order valence-electron chi connectivity index (χ4n) is 2.10. The third-order valence-electron chi connectivity index (χ3n) is 3.17. The summed E-state index contributed by atoms with van der Waals surface area (Å²) in [5.74, 6) is -3.54. The van der Waals surface area contributed by atoms with Gasteiger partial charge in [0.25, 0.3) is 0 Å². The minimum absolute atomic E-state index is 0.00362. The predicted molar refractivity (Wildman–Crippen MR) is 82.3 cm³/mol. The van der Waals surface area contributed by atoms with Crippen molar-refractivity contribution in [2.75, 3.05) is 7.11 Å². The summed E-state index contributed by atoms with van der Waals surface area (Å²) in [6.45, 7) is 0. The summed E-state index contributed by atoms with van der Waals surface area (Å²) in [5.41, 5.74) is 0.585. The number of halogens is 3. The molecule has 0 saturated heterocycles. The summed E-state index contributed by atoms with van der Waals surface area (Å²) in [6, 6.07) is 2.35. The molecule has 0 aliphatic carbocycles. The van der Waals surface area contributed by atoms with Gasteiger partial charge in [0.05, 0.1) is 23.2 Å². The standard InChI is InChI=1S/C15H10F3NO2S2/c1-21-12(20)4-8-2-7(6-22-8)3-11-19-14-13(18)9(16)5-10(17)15(14)23-11/h2,5-6H,3-4H2,1H3. The van der Waals surface area contributed by atoms with Crippen molar-refractivity contribution >= 4 is 38.9 Å². The van der Waals surface area contributed by atoms with Gasteiger partial charge >= 0.3 is 5.97 Å². The molecule has 0 atom stereocenters. The first kappa shape index (κ1) is 15.9. The lowest BCUT2D eigenvalue weighted by molar-refractivity contribution is -0.139. The molecule has 0 bridgehead atoms. The highest BCUT2D eigenvalue weighted by Gasteiger charge is 2.17. The molecule has 0 radical (unpaired) electrons. The van der Waals surface area contributed by atoms with E-state index < -0.39 is 17.5 Å². The highest BCUT2D eigenvalue weighted by molar-refractivity contribution is 7.18. The van der Waals surface area contributed by atoms with E-state index in [4.69, 9.17) is 0 Å². The van der Waals surface area contributed by atoms with Gasteiger partial charge in [-0.3, -0.25) is 4.79 Å². The van der Waals surface area contributed by atoms with Crippen LogP contribution in [-0.4, -0.2) is 18.1 Å². The average Bonchev–Trinajstić information content (AvgIpc) is 3.12. The number of thiazole rings is 1. The van der Waals surface area contributed by atoms with Crippen LogP contribution < -0.4 is 0 Å². The monoisotopic (exact) mass is 357 g/mol. The van der Waals surface area contributed by atoms with E-state index in [-0.39, 0.29) is 22.6 Å². The van der Waals surface area contributed by atoms with E-state index in [9.17, 15) is 18.0 Å². The van der Waals surface area contributed by atoms with Crippen molar-refractivity contribution in [3.8, 4) is 0 Å². The van der Waals surface area contributed by atoms with Gasteiger partial charge in [0.2, 0.25) is 0 Å². The van der Waals surface area contributed by atoms with Crippen molar-refractivity contribution in [2.45, 2.75) is 12.8 Å². The van der Waals surface area contributed by atoms with Crippen molar-refractivity contribution in [2.24, 2.45) is 0 Å². The van der Waals surface area contributed by atoms with Gasteiger partial charge in [-0.05, 0) is 17.0 Å². The minimum atomic E-state index is -1.25. The van der Waals surface area contributed by atoms with Crippen LogP contribution in [-0.2, 0) is 22.4 Å². The van der Waals surface area contributed by atoms with E-state index in [0.29, 0.717) is 17.5 Å². The summed E-state index contributed by atoms with van der Waals surface area (Å²) in [6.07, 6.45) is 0.535. The Hall–Kier alpha value is -1.93. The predicted octanol–water partition coefficient (Wildman–Crippen LogP) is 4.08. The van der Waals surface area contributed by atoms with Gasteiger partial charge in [-0.1, -0.05) is 0 Å². The molecule has 0 aliphatic rings. The van der Waals surface area contributed by atoms with Crippen molar-refractivity contribution in [1.82, 2.24) is 4.98 Å². The Morgan fingerprint density at radius 1 is 1.26 bits per heavy atom. The van der Waals surface area contributed by atoms with E-state index in [1.807, 2.05) is 11.4 Å². The molecule has 3 nitrogen and oxygen atoms in total. The number of hydrogen-bond donors (Lipinski definition) is 0. The third-order valence-corrected chi connectivity index (χ3v) is 5.22. The molecular weight excluding hydrogens is 347 g/mol. The van der Waals surface area contributed by atoms with E-state index in [1.54, 1.807) is 0 Å². The van der Waals surface area contributed by atoms with Gasteiger partial charge in [0, 0.05) is 17.4 Å². The van der Waals surface area contributed by atoms with Crippen molar-refractivity contribution in [1.29, 1.82) is 0 Å². The number of methoxy groups -OCH3 is 1. The number of esters is 1. The molecule has 0 unspecified atom stereocenters. The minimum Gasteiger partial charge on any atom is -0.469 e. The molecule has 0 saturated carbocycles. The number of nitrogens with zero attached hydrogens (tertiary/aromatic N) is 1. The number of rotatable bonds is 4. The molecule has 1 aromatic carbocycles. The second kappa shape index (κ2) is 6.29. The summed E-state index contributed by atoms with van der Waals surface area (Å²) >= 11 is 2.39. The van der Waals surface area contributed by atoms with E-state index in [1.165, 1.54) is 18.4 Å². The van der Waals surface area contributed by atoms with Crippen LogP contribution >= 0.6 is 22.7 Å². The first-order chi connectivity index (χ1) is 11.0. The quantitative estimate of drug-likeness (QED) is 0.522. The molecule has 23 heavy (non-hydrogen) atoms. The zero-order valence-electron chi connectivity index (χ0n) is 11.9. The first-order valence-electron chi connectivity index (χ1n) is 6.54. The lowest BCUT2D eigenvalue weighted by atomic mass is 10.2. The van der Waals surface area contributed by atoms with Crippen LogP contribution in [0.3, 0.4) is 0 Å². The number of fused-ring (bicyclic) bond motifs is 1. The molecule has 8 heteroatoms. The lowest BCUT2D eigenvalue weighted by Crippen LogP contribution is -2.02. The number of carbonyl (C=O) groups excluding carboxylic acids is 1. The summed E-state index contributed by atoms with van der Waals surface area (Å²) in [7, 11) is 1.32. The smallest absolute Gasteiger partial charge is 0.310 e. The summed E-state index contributed by atoms with van der Waals surface area (Å²) in [5, 5.41) is 2.32. The van der Waals surface area contributed by atoms with Crippen molar-refractivity contribution in [3.05, 3.63) is 50.4 Å². The number of carbonyl (C=O) groups is 1. The number of ether oxygens (including phenoxy) is 1. The van der Waals surface area contributed by atoms with E-state index in [2.05, 4.69) is 9.72 Å². The van der Waals surface area contributed by atoms with Crippen molar-refractivity contribution < 1.29 is 22.7 Å². The van der Waals surface area contributed by atoms with Gasteiger partial charge in [0.15, 0.2) is 11.6 Å². The van der Waals surface area contributed by atoms with Crippen LogP contribution in [0.15, 0.2) is 17.5 Å².